The minimum atomic E-state index is -5.63. The molecule has 3 aromatic rings. The molecule has 2 aromatic heterocycles. The average molecular weight is 982 g/mol. The number of phosphoric acid groups is 3. The number of methoxy groups -OCH3 is 1. The fourth-order valence-electron chi connectivity index (χ4n) is 5.42. The summed E-state index contributed by atoms with van der Waals surface area (Å²) in [6, 6.07) is 4.19. The van der Waals surface area contributed by atoms with Crippen molar-refractivity contribution in [1.29, 1.82) is 0 Å². The molecule has 8 atom stereocenters. The number of hydrogen-bond donors (Lipinski definition) is 6. The molecule has 64 heavy (non-hydrogen) atoms. The molecule has 0 radical (unpaired) electrons. The number of ketones is 1. The zero-order valence-corrected chi connectivity index (χ0v) is 37.2. The van der Waals surface area contributed by atoms with Gasteiger partial charge in [0, 0.05) is 24.3 Å². The van der Waals surface area contributed by atoms with E-state index in [1.54, 1.807) is 0 Å². The van der Waals surface area contributed by atoms with Crippen molar-refractivity contribution in [2.75, 3.05) is 44.9 Å². The van der Waals surface area contributed by atoms with Crippen molar-refractivity contribution in [2.45, 2.75) is 57.3 Å². The Kier molecular flexibility index (Phi) is 18.3. The van der Waals surface area contributed by atoms with Gasteiger partial charge in [-0.05, 0) is 35.9 Å². The molecular weight excluding hydrogens is 939 g/mol. The van der Waals surface area contributed by atoms with Crippen LogP contribution in [-0.4, -0.2) is 131 Å². The molecule has 1 aliphatic heterocycles. The largest absolute Gasteiger partial charge is 0.870 e. The normalized spacial score (nSPS) is 22.0. The molecule has 31 heteroatoms. The third-order valence-corrected chi connectivity index (χ3v) is 12.6. The number of nitrogen functional groups attached to an aromatic ring is 1. The average Bonchev–Trinajstić information content (AvgIpc) is 3.77. The fraction of sp³-hybridized carbons (Fsp3) is 0.485. The highest BCUT2D eigenvalue weighted by Crippen LogP contribution is 2.61. The van der Waals surface area contributed by atoms with Crippen molar-refractivity contribution in [2.24, 2.45) is 15.4 Å². The van der Waals surface area contributed by atoms with Gasteiger partial charge in [0.2, 0.25) is 0 Å². The van der Waals surface area contributed by atoms with E-state index in [0.717, 1.165) is 29.0 Å². The molecule has 0 amide bonds. The number of aliphatic hydroxyl groups excluding tert-OH is 2. The number of anilines is 1. The van der Waals surface area contributed by atoms with E-state index in [1.165, 1.54) is 51.3 Å². The summed E-state index contributed by atoms with van der Waals surface area (Å²) in [5.41, 5.74) is 4.61. The van der Waals surface area contributed by atoms with Crippen LogP contribution >= 0.6 is 35.2 Å². The van der Waals surface area contributed by atoms with E-state index < -0.39 is 108 Å². The second-order valence-electron chi connectivity index (χ2n) is 14.0. The number of ether oxygens (including phenoxy) is 2. The maximum atomic E-state index is 12.7. The number of nitrogens with zero attached hydrogens (tertiary/aromatic N) is 6. The first kappa shape index (κ1) is 52.4. The van der Waals surface area contributed by atoms with E-state index in [2.05, 4.69) is 33.8 Å². The number of phosphoric ester groups is 3. The van der Waals surface area contributed by atoms with Gasteiger partial charge in [0.05, 0.1) is 39.2 Å². The summed E-state index contributed by atoms with van der Waals surface area (Å²) in [5, 5.41) is 57.3. The van der Waals surface area contributed by atoms with Gasteiger partial charge in [-0.25, -0.2) is 24.1 Å². The molecule has 27 nitrogen and oxygen atoms in total. The van der Waals surface area contributed by atoms with Crippen LogP contribution in [-0.2, 0) is 45.9 Å². The SMILES string of the molecule is COc1cc(C=CC(=O)CC(=O)SCCN=C([O-])CCN=C([O-])C(O)C(C)(C)COP(=O)(O)OP(=O)(O)OC[C@H]2O[C@@H](n3cnc4c(N)ncnc43)[C@H](O)[C@@H]2OP(=O)([O-])O)ccc1[O-]. The summed E-state index contributed by atoms with van der Waals surface area (Å²) in [6.07, 6.45) is -5.40. The predicted octanol–water partition coefficient (Wildman–Crippen LogP) is -1.93. The minimum Gasteiger partial charge on any atom is -0.870 e. The molecule has 0 spiro atoms. The molecule has 3 heterocycles. The topological polar surface area (TPSA) is 428 Å². The summed E-state index contributed by atoms with van der Waals surface area (Å²) in [5.74, 6) is -2.61. The lowest BCUT2D eigenvalue weighted by molar-refractivity contribution is -0.270. The number of aliphatic imine (C=N–C) groups is 2. The lowest BCUT2D eigenvalue weighted by Gasteiger charge is -2.34. The van der Waals surface area contributed by atoms with Crippen LogP contribution in [0.3, 0.4) is 0 Å². The first-order chi connectivity index (χ1) is 29.8. The number of rotatable bonds is 24. The van der Waals surface area contributed by atoms with Crippen LogP contribution in [0.25, 0.3) is 17.2 Å². The first-order valence-corrected chi connectivity index (χ1v) is 23.7. The number of fused-ring (bicyclic) bond motifs is 1. The van der Waals surface area contributed by atoms with E-state index in [0.29, 0.717) is 5.56 Å². The number of imidazole rings is 1. The molecule has 0 aliphatic carbocycles. The van der Waals surface area contributed by atoms with Gasteiger partial charge in [-0.2, -0.15) is 4.31 Å². The lowest BCUT2D eigenvalue weighted by Crippen LogP contribution is -2.45. The number of aliphatic hydroxyl groups is 2. The number of hydrogen-bond acceptors (Lipinski definition) is 24. The van der Waals surface area contributed by atoms with Gasteiger partial charge in [-0.15, -0.1) is 0 Å². The van der Waals surface area contributed by atoms with Crippen molar-refractivity contribution in [3.63, 3.8) is 0 Å². The second-order valence-corrected chi connectivity index (χ2v) is 19.4. The number of benzene rings is 1. The summed E-state index contributed by atoms with van der Waals surface area (Å²) in [4.78, 5) is 84.6. The third-order valence-electron chi connectivity index (χ3n) is 8.61. The zero-order valence-electron chi connectivity index (χ0n) is 33.7. The predicted molar refractivity (Wildman–Crippen MR) is 215 cm³/mol. The van der Waals surface area contributed by atoms with E-state index in [4.69, 9.17) is 24.3 Å². The molecule has 4 rings (SSSR count). The lowest BCUT2D eigenvalue weighted by atomic mass is 9.87. The smallest absolute Gasteiger partial charge is 0.481 e. The summed E-state index contributed by atoms with van der Waals surface area (Å²) < 4.78 is 66.7. The molecular formula is C33H42N7O20P3S-4. The van der Waals surface area contributed by atoms with Crippen LogP contribution in [0.1, 0.15) is 38.5 Å². The minimum absolute atomic E-state index is 0.00333. The van der Waals surface area contributed by atoms with E-state index in [1.807, 2.05) is 0 Å². The number of nitrogens with two attached hydrogens (primary N) is 1. The molecule has 4 unspecified atom stereocenters. The molecule has 0 bridgehead atoms. The van der Waals surface area contributed by atoms with Crippen molar-refractivity contribution in [1.82, 2.24) is 19.5 Å². The third kappa shape index (κ3) is 15.5. The number of thioether (sulfide) groups is 1. The quantitative estimate of drug-likeness (QED) is 0.0142. The first-order valence-electron chi connectivity index (χ1n) is 18.3. The van der Waals surface area contributed by atoms with Crippen LogP contribution in [0.15, 0.2) is 46.9 Å². The monoisotopic (exact) mass is 981 g/mol. The van der Waals surface area contributed by atoms with Crippen LogP contribution in [0.2, 0.25) is 0 Å². The fourth-order valence-corrected chi connectivity index (χ4v) is 8.89. The van der Waals surface area contributed by atoms with Gasteiger partial charge in [0.1, 0.15) is 35.9 Å². The Morgan fingerprint density at radius 3 is 2.48 bits per heavy atom. The molecule has 0 saturated carbocycles. The van der Waals surface area contributed by atoms with E-state index in [9.17, 15) is 68.4 Å². The zero-order chi connectivity index (χ0) is 47.6. The molecule has 1 fully saturated rings. The van der Waals surface area contributed by atoms with Gasteiger partial charge >= 0.3 is 15.6 Å². The van der Waals surface area contributed by atoms with Crippen molar-refractivity contribution >= 4 is 81.0 Å². The van der Waals surface area contributed by atoms with Crippen LogP contribution in [0.5, 0.6) is 11.5 Å². The number of allylic oxidation sites excluding steroid dienone is 1. The molecule has 1 aliphatic rings. The Balaban J connectivity index is 1.21. The highest BCUT2D eigenvalue weighted by atomic mass is 32.2. The van der Waals surface area contributed by atoms with Crippen LogP contribution < -0.4 is 30.7 Å². The summed E-state index contributed by atoms with van der Waals surface area (Å²) in [6.45, 7) is -0.307. The highest BCUT2D eigenvalue weighted by molar-refractivity contribution is 8.13. The van der Waals surface area contributed by atoms with Gasteiger partial charge in [-0.3, -0.25) is 27.8 Å². The van der Waals surface area contributed by atoms with E-state index >= 15 is 0 Å². The van der Waals surface area contributed by atoms with Crippen molar-refractivity contribution in [3.05, 3.63) is 42.5 Å². The van der Waals surface area contributed by atoms with Gasteiger partial charge in [0.25, 0.3) is 7.82 Å². The Labute approximate surface area is 367 Å². The van der Waals surface area contributed by atoms with Gasteiger partial charge in [-0.1, -0.05) is 49.6 Å². The Bertz CT molecular complexity index is 2380. The van der Waals surface area contributed by atoms with Gasteiger partial charge in [0.15, 0.2) is 28.6 Å². The Morgan fingerprint density at radius 2 is 1.80 bits per heavy atom. The Morgan fingerprint density at radius 1 is 1.09 bits per heavy atom. The Hall–Kier alpha value is -4.21. The maximum absolute atomic E-state index is 12.7. The van der Waals surface area contributed by atoms with Crippen molar-refractivity contribution < 1.29 is 95.7 Å². The van der Waals surface area contributed by atoms with E-state index in [-0.39, 0.29) is 47.2 Å². The van der Waals surface area contributed by atoms with Gasteiger partial charge < -0.3 is 74.8 Å². The number of carbonyl (C=O) groups is 2. The number of aromatic nitrogens is 4. The van der Waals surface area contributed by atoms with Crippen LogP contribution in [0.4, 0.5) is 5.82 Å². The standard InChI is InChI=1S/C33H46N7O20P3S/c1-33(2,28(46)31(47)36-9-8-23(43)35-10-11-64-24(44)13-19(41)6-4-18-5-7-20(42)21(12-18)55-3)15-57-63(53,54)60-62(51,52)56-14-22-27(59-61(48,49)50)26(45)32(58-22)40-17-39-25-29(34)37-16-38-30(25)40/h4-7,12,16-17,22,26-28,32,42,45-46H,8-11,13-15H2,1-3H3,(H,35,43)(H,36,47)(H,51,52)(H,53,54)(H2,34,37,38)(H2,48,49,50)/p-4/t22-,26-,27-,28?,32-/m1/s1. The molecule has 7 N–H and O–H groups in total. The second kappa shape index (κ2) is 22.3. The number of carbonyl (C=O) groups excluding carboxylic acids is 2. The molecule has 1 saturated heterocycles. The molecule has 354 valence electrons. The van der Waals surface area contributed by atoms with Crippen molar-refractivity contribution in [3.8, 4) is 11.5 Å². The highest BCUT2D eigenvalue weighted by Gasteiger charge is 2.49. The summed E-state index contributed by atoms with van der Waals surface area (Å²) in [7, 11) is -15.5. The maximum Gasteiger partial charge on any atom is 0.481 e. The van der Waals surface area contributed by atoms with Crippen LogP contribution in [0, 0.1) is 5.41 Å². The summed E-state index contributed by atoms with van der Waals surface area (Å²) >= 11 is 0.771. The molecule has 1 aromatic carbocycles.